The number of nitrogens with zero attached hydrogens (tertiary/aromatic N) is 1. The average molecular weight is 365 g/mol. The Morgan fingerprint density at radius 1 is 0.962 bits per heavy atom. The molecule has 2 aromatic carbocycles. The van der Waals surface area contributed by atoms with Crippen molar-refractivity contribution < 1.29 is 9.15 Å². The van der Waals surface area contributed by atoms with Crippen molar-refractivity contribution in [2.75, 3.05) is 6.61 Å². The maximum atomic E-state index is 5.91. The van der Waals surface area contributed by atoms with Gasteiger partial charge in [-0.15, -0.1) is 11.3 Å². The van der Waals surface area contributed by atoms with Crippen LogP contribution in [0.5, 0.6) is 5.75 Å². The molecule has 3 nitrogen and oxygen atoms in total. The Morgan fingerprint density at radius 3 is 2.69 bits per heavy atom. The molecule has 0 bridgehead atoms. The molecule has 2 aromatic heterocycles. The summed E-state index contributed by atoms with van der Waals surface area (Å²) in [5.41, 5.74) is 2.96. The van der Waals surface area contributed by atoms with Crippen molar-refractivity contribution >= 4 is 33.3 Å². The number of hydrogen-bond donors (Lipinski definition) is 0. The van der Waals surface area contributed by atoms with E-state index in [1.54, 1.807) is 11.3 Å². The fourth-order valence-corrected chi connectivity index (χ4v) is 4.05. The van der Waals surface area contributed by atoms with Gasteiger partial charge in [0.1, 0.15) is 16.9 Å². The maximum Gasteiger partial charge on any atom is 0.139 e. The van der Waals surface area contributed by atoms with Crippen LogP contribution in [0, 0.1) is 6.92 Å². The second-order valence-electron chi connectivity index (χ2n) is 6.65. The van der Waals surface area contributed by atoms with E-state index in [2.05, 4.69) is 29.4 Å². The smallest absolute Gasteiger partial charge is 0.139 e. The van der Waals surface area contributed by atoms with E-state index < -0.39 is 0 Å². The summed E-state index contributed by atoms with van der Waals surface area (Å²) in [6, 6.07) is 14.3. The van der Waals surface area contributed by atoms with E-state index in [0.29, 0.717) is 0 Å². The van der Waals surface area contributed by atoms with Crippen molar-refractivity contribution in [3.05, 3.63) is 58.5 Å². The third-order valence-electron chi connectivity index (χ3n) is 4.57. The Hall–Kier alpha value is -2.33. The predicted octanol–water partition coefficient (Wildman–Crippen LogP) is 6.53. The number of thiazole rings is 1. The number of rotatable bonds is 8. The van der Waals surface area contributed by atoms with Crippen LogP contribution in [-0.2, 0) is 6.42 Å². The molecule has 0 fully saturated rings. The molecule has 0 N–H and O–H groups in total. The van der Waals surface area contributed by atoms with Crippen LogP contribution in [0.15, 0.2) is 52.3 Å². The van der Waals surface area contributed by atoms with Crippen LogP contribution in [-0.4, -0.2) is 11.6 Å². The van der Waals surface area contributed by atoms with Crippen LogP contribution in [0.2, 0.25) is 0 Å². The van der Waals surface area contributed by atoms with Crippen LogP contribution in [0.25, 0.3) is 21.9 Å². The summed E-state index contributed by atoms with van der Waals surface area (Å²) in [6.45, 7) is 2.81. The minimum Gasteiger partial charge on any atom is -0.493 e. The van der Waals surface area contributed by atoms with Crippen LogP contribution in [0.1, 0.15) is 36.4 Å². The molecule has 0 radical (unpaired) electrons. The molecule has 4 aromatic rings. The van der Waals surface area contributed by atoms with Gasteiger partial charge in [-0.3, -0.25) is 0 Å². The first kappa shape index (κ1) is 17.1. The maximum absolute atomic E-state index is 5.91. The van der Waals surface area contributed by atoms with E-state index in [9.17, 15) is 0 Å². The quantitative estimate of drug-likeness (QED) is 0.333. The van der Waals surface area contributed by atoms with Crippen LogP contribution >= 0.6 is 11.3 Å². The molecule has 2 heterocycles. The topological polar surface area (TPSA) is 35.3 Å². The lowest BCUT2D eigenvalue weighted by Crippen LogP contribution is -1.97. The zero-order chi connectivity index (χ0) is 17.8. The first-order valence-corrected chi connectivity index (χ1v) is 10.1. The van der Waals surface area contributed by atoms with Gasteiger partial charge in [0.05, 0.1) is 11.6 Å². The van der Waals surface area contributed by atoms with E-state index in [4.69, 9.17) is 9.15 Å². The Morgan fingerprint density at radius 2 is 1.81 bits per heavy atom. The third kappa shape index (κ3) is 3.91. The molecular weight excluding hydrogens is 342 g/mol. The Kier molecular flexibility index (Phi) is 5.21. The van der Waals surface area contributed by atoms with Crippen LogP contribution < -0.4 is 4.74 Å². The third-order valence-corrected chi connectivity index (χ3v) is 5.60. The average Bonchev–Trinajstić information content (AvgIpc) is 3.23. The molecule has 0 aliphatic carbocycles. The molecule has 4 rings (SSSR count). The van der Waals surface area contributed by atoms with E-state index >= 15 is 0 Å². The highest BCUT2D eigenvalue weighted by atomic mass is 32.1. The van der Waals surface area contributed by atoms with Gasteiger partial charge in [0, 0.05) is 27.9 Å². The highest BCUT2D eigenvalue weighted by Crippen LogP contribution is 2.31. The van der Waals surface area contributed by atoms with Gasteiger partial charge in [-0.05, 0) is 44.4 Å². The number of hydrogen-bond acceptors (Lipinski definition) is 4. The van der Waals surface area contributed by atoms with Gasteiger partial charge in [-0.2, -0.15) is 0 Å². The summed E-state index contributed by atoms with van der Waals surface area (Å²) in [5.74, 6) is 0.884. The lowest BCUT2D eigenvalue weighted by atomic mass is 10.1. The van der Waals surface area contributed by atoms with Crippen LogP contribution in [0.3, 0.4) is 0 Å². The predicted molar refractivity (Wildman–Crippen MR) is 108 cm³/mol. The largest absolute Gasteiger partial charge is 0.493 e. The number of furan rings is 1. The number of unbranched alkanes of at least 4 members (excludes halogenated alkanes) is 3. The zero-order valence-corrected chi connectivity index (χ0v) is 15.8. The number of ether oxygens (including phenoxy) is 1. The van der Waals surface area contributed by atoms with Gasteiger partial charge in [0.2, 0.25) is 0 Å². The van der Waals surface area contributed by atoms with Gasteiger partial charge in [-0.25, -0.2) is 4.98 Å². The highest BCUT2D eigenvalue weighted by molar-refractivity contribution is 7.09. The van der Waals surface area contributed by atoms with E-state index in [0.717, 1.165) is 52.8 Å². The summed E-state index contributed by atoms with van der Waals surface area (Å²) in [7, 11) is 0. The van der Waals surface area contributed by atoms with Crippen molar-refractivity contribution in [2.24, 2.45) is 0 Å². The van der Waals surface area contributed by atoms with Gasteiger partial charge in [0.25, 0.3) is 0 Å². The van der Waals surface area contributed by atoms with E-state index in [-0.39, 0.29) is 0 Å². The SMILES string of the molecule is Cc1csc(CCCCCCOc2ccc3c(c2)oc2ccccc23)n1. The molecule has 26 heavy (non-hydrogen) atoms. The second-order valence-corrected chi connectivity index (χ2v) is 7.59. The number of fused-ring (bicyclic) bond motifs is 3. The van der Waals surface area contributed by atoms with Crippen molar-refractivity contribution in [3.63, 3.8) is 0 Å². The molecular formula is C22H23NO2S. The van der Waals surface area contributed by atoms with E-state index in [1.807, 2.05) is 30.3 Å². The summed E-state index contributed by atoms with van der Waals surface area (Å²) in [5, 5.41) is 5.69. The second kappa shape index (κ2) is 7.92. The summed E-state index contributed by atoms with van der Waals surface area (Å²) in [4.78, 5) is 4.51. The Balaban J connectivity index is 1.22. The molecule has 0 amide bonds. The minimum atomic E-state index is 0.752. The van der Waals surface area contributed by atoms with Crippen LogP contribution in [0.4, 0.5) is 0 Å². The van der Waals surface area contributed by atoms with Gasteiger partial charge >= 0.3 is 0 Å². The molecule has 0 spiro atoms. The molecule has 0 saturated heterocycles. The number of aromatic nitrogens is 1. The molecule has 0 saturated carbocycles. The normalized spacial score (nSPS) is 11.4. The Bertz CT molecular complexity index is 1000. The van der Waals surface area contributed by atoms with E-state index in [1.165, 1.54) is 24.3 Å². The Labute approximate surface area is 157 Å². The summed E-state index contributed by atoms with van der Waals surface area (Å²) < 4.78 is 11.8. The molecule has 4 heteroatoms. The minimum absolute atomic E-state index is 0.752. The highest BCUT2D eigenvalue weighted by Gasteiger charge is 2.07. The first-order chi connectivity index (χ1) is 12.8. The van der Waals surface area contributed by atoms with Crippen molar-refractivity contribution in [1.29, 1.82) is 0 Å². The monoisotopic (exact) mass is 365 g/mol. The van der Waals surface area contributed by atoms with Gasteiger partial charge < -0.3 is 9.15 Å². The molecule has 0 aliphatic heterocycles. The number of aryl methyl sites for hydroxylation is 2. The summed E-state index contributed by atoms with van der Waals surface area (Å²) >= 11 is 1.77. The number of para-hydroxylation sites is 1. The lowest BCUT2D eigenvalue weighted by molar-refractivity contribution is 0.305. The van der Waals surface area contributed by atoms with Crippen molar-refractivity contribution in [3.8, 4) is 5.75 Å². The van der Waals surface area contributed by atoms with Gasteiger partial charge in [-0.1, -0.05) is 31.0 Å². The zero-order valence-electron chi connectivity index (χ0n) is 15.0. The van der Waals surface area contributed by atoms with Crippen molar-refractivity contribution in [2.45, 2.75) is 39.0 Å². The standard InChI is InChI=1S/C22H23NO2S/c1-16-15-26-22(23-16)10-4-2-3-7-13-24-17-11-12-19-18-8-5-6-9-20(18)25-21(19)14-17/h5-6,8-9,11-12,14-15H,2-4,7,10,13H2,1H3. The molecule has 134 valence electrons. The fraction of sp³-hybridized carbons (Fsp3) is 0.318. The van der Waals surface area contributed by atoms with Crippen molar-refractivity contribution in [1.82, 2.24) is 4.98 Å². The lowest BCUT2D eigenvalue weighted by Gasteiger charge is -2.06. The summed E-state index contributed by atoms with van der Waals surface area (Å²) in [6.07, 6.45) is 5.80. The molecule has 0 atom stereocenters. The van der Waals surface area contributed by atoms with Gasteiger partial charge in [0.15, 0.2) is 0 Å². The number of benzene rings is 2. The molecule has 0 aliphatic rings. The first-order valence-electron chi connectivity index (χ1n) is 9.25. The fourth-order valence-electron chi connectivity index (χ4n) is 3.24. The molecule has 0 unspecified atom stereocenters.